The maximum Gasteiger partial charge on any atom is 0.244 e. The van der Waals surface area contributed by atoms with Gasteiger partial charge in [-0.2, -0.15) is 0 Å². The Kier molecular flexibility index (Phi) is 20.2. The summed E-state index contributed by atoms with van der Waals surface area (Å²) in [6, 6.07) is -0.713. The predicted molar refractivity (Wildman–Crippen MR) is 130 cm³/mol. The molecule has 0 bridgehead atoms. The Morgan fingerprint density at radius 1 is 0.742 bits per heavy atom. The Morgan fingerprint density at radius 2 is 1.23 bits per heavy atom. The zero-order chi connectivity index (χ0) is 23.2. The van der Waals surface area contributed by atoms with Crippen molar-refractivity contribution in [2.24, 2.45) is 5.73 Å². The number of rotatable bonds is 21. The minimum Gasteiger partial charge on any atom is -0.370 e. The van der Waals surface area contributed by atoms with Crippen molar-refractivity contribution in [1.29, 1.82) is 5.41 Å². The van der Waals surface area contributed by atoms with Gasteiger partial charge in [0, 0.05) is 19.5 Å². The van der Waals surface area contributed by atoms with Crippen molar-refractivity contribution in [3.8, 4) is 0 Å². The Balaban J connectivity index is 4.08. The van der Waals surface area contributed by atoms with Gasteiger partial charge in [0.15, 0.2) is 5.96 Å². The molecule has 7 heteroatoms. The third kappa shape index (κ3) is 19.9. The molecule has 7 nitrogen and oxygen atoms in total. The molecule has 0 aliphatic heterocycles. The van der Waals surface area contributed by atoms with E-state index in [4.69, 9.17) is 11.1 Å². The van der Waals surface area contributed by atoms with Crippen LogP contribution >= 0.6 is 0 Å². The molecular formula is C24H49N5O2. The number of hydrogen-bond acceptors (Lipinski definition) is 3. The largest absolute Gasteiger partial charge is 0.370 e. The van der Waals surface area contributed by atoms with Crippen molar-refractivity contribution in [3.05, 3.63) is 0 Å². The Labute approximate surface area is 190 Å². The maximum absolute atomic E-state index is 12.5. The first-order valence-corrected chi connectivity index (χ1v) is 12.7. The van der Waals surface area contributed by atoms with E-state index in [1.807, 2.05) is 0 Å². The smallest absolute Gasteiger partial charge is 0.244 e. The molecule has 6 N–H and O–H groups in total. The van der Waals surface area contributed by atoms with Crippen molar-refractivity contribution in [2.45, 2.75) is 123 Å². The van der Waals surface area contributed by atoms with E-state index < -0.39 is 6.04 Å². The molecule has 0 aromatic rings. The van der Waals surface area contributed by atoms with Gasteiger partial charge in [-0.05, 0) is 12.8 Å². The second-order valence-electron chi connectivity index (χ2n) is 8.55. The predicted octanol–water partition coefficient (Wildman–Crippen LogP) is 4.35. The van der Waals surface area contributed by atoms with Crippen molar-refractivity contribution in [1.82, 2.24) is 16.0 Å². The summed E-state index contributed by atoms with van der Waals surface area (Å²) in [6.45, 7) is 5.16. The molecule has 0 spiro atoms. The van der Waals surface area contributed by atoms with Crippen LogP contribution in [-0.2, 0) is 9.59 Å². The standard InChI is InChI=1S/C24H49N5O2/c1-3-5-7-9-11-13-15-17-19-27-23(31)21(20-28-24(25)26)29-22(30)18-16-14-12-10-8-6-4-2/h21H,3-20H2,1-2H3,(H,27,31)(H,29,30)(H4,25,26,28). The molecule has 0 aromatic heterocycles. The van der Waals surface area contributed by atoms with Gasteiger partial charge in [0.1, 0.15) is 6.04 Å². The zero-order valence-corrected chi connectivity index (χ0v) is 20.2. The fourth-order valence-electron chi connectivity index (χ4n) is 3.52. The van der Waals surface area contributed by atoms with E-state index in [0.29, 0.717) is 13.0 Å². The van der Waals surface area contributed by atoms with Gasteiger partial charge in [0.05, 0.1) is 0 Å². The summed E-state index contributed by atoms with van der Waals surface area (Å²) in [5.74, 6) is -0.544. The van der Waals surface area contributed by atoms with Gasteiger partial charge in [-0.15, -0.1) is 0 Å². The molecule has 182 valence electrons. The summed E-state index contributed by atoms with van der Waals surface area (Å²) >= 11 is 0. The number of nitrogens with one attached hydrogen (secondary N) is 4. The highest BCUT2D eigenvalue weighted by molar-refractivity contribution is 5.88. The van der Waals surface area contributed by atoms with Gasteiger partial charge in [0.2, 0.25) is 11.8 Å². The minimum absolute atomic E-state index is 0.119. The number of nitrogens with two attached hydrogens (primary N) is 1. The van der Waals surface area contributed by atoms with Crippen LogP contribution in [0.2, 0.25) is 0 Å². The summed E-state index contributed by atoms with van der Waals surface area (Å²) in [6.07, 6.45) is 18.2. The van der Waals surface area contributed by atoms with Gasteiger partial charge in [-0.25, -0.2) is 0 Å². The summed E-state index contributed by atoms with van der Waals surface area (Å²) in [5, 5.41) is 15.7. The molecule has 0 radical (unpaired) electrons. The van der Waals surface area contributed by atoms with Crippen molar-refractivity contribution in [3.63, 3.8) is 0 Å². The SMILES string of the molecule is CCCCCCCCCCNC(=O)C(CNC(=N)N)NC(=O)CCCCCCCCC. The molecule has 0 aliphatic carbocycles. The van der Waals surface area contributed by atoms with E-state index in [2.05, 4.69) is 29.8 Å². The highest BCUT2D eigenvalue weighted by Crippen LogP contribution is 2.09. The average molecular weight is 440 g/mol. The summed E-state index contributed by atoms with van der Waals surface area (Å²) in [5.41, 5.74) is 5.35. The molecule has 0 saturated heterocycles. The van der Waals surface area contributed by atoms with E-state index >= 15 is 0 Å². The van der Waals surface area contributed by atoms with Crippen LogP contribution in [0.4, 0.5) is 0 Å². The van der Waals surface area contributed by atoms with Gasteiger partial charge >= 0.3 is 0 Å². The van der Waals surface area contributed by atoms with E-state index in [1.54, 1.807) is 0 Å². The number of unbranched alkanes of at least 4 members (excludes halogenated alkanes) is 13. The molecule has 1 atom stereocenters. The van der Waals surface area contributed by atoms with Gasteiger partial charge in [0.25, 0.3) is 0 Å². The number of hydrogen-bond donors (Lipinski definition) is 5. The fraction of sp³-hybridized carbons (Fsp3) is 0.875. The maximum atomic E-state index is 12.5. The molecule has 2 amide bonds. The van der Waals surface area contributed by atoms with Crippen LogP contribution in [0.1, 0.15) is 117 Å². The van der Waals surface area contributed by atoms with E-state index in [-0.39, 0.29) is 24.3 Å². The fourth-order valence-corrected chi connectivity index (χ4v) is 3.52. The van der Waals surface area contributed by atoms with Crippen molar-refractivity contribution < 1.29 is 9.59 Å². The molecule has 0 heterocycles. The van der Waals surface area contributed by atoms with E-state index in [1.165, 1.54) is 64.2 Å². The second kappa shape index (κ2) is 21.4. The Morgan fingerprint density at radius 3 is 1.74 bits per heavy atom. The lowest BCUT2D eigenvalue weighted by Crippen LogP contribution is -2.53. The first-order chi connectivity index (χ1) is 15.0. The minimum atomic E-state index is -0.713. The molecule has 0 aliphatic rings. The van der Waals surface area contributed by atoms with E-state index in [0.717, 1.165) is 32.1 Å². The van der Waals surface area contributed by atoms with E-state index in [9.17, 15) is 9.59 Å². The highest BCUT2D eigenvalue weighted by atomic mass is 16.2. The topological polar surface area (TPSA) is 120 Å². The third-order valence-corrected chi connectivity index (χ3v) is 5.49. The first-order valence-electron chi connectivity index (χ1n) is 12.7. The number of amides is 2. The summed E-state index contributed by atoms with van der Waals surface area (Å²) < 4.78 is 0. The van der Waals surface area contributed by atoms with Crippen LogP contribution in [-0.4, -0.2) is 36.9 Å². The third-order valence-electron chi connectivity index (χ3n) is 5.49. The molecule has 0 aromatic carbocycles. The lowest BCUT2D eigenvalue weighted by molar-refractivity contribution is -0.128. The van der Waals surface area contributed by atoms with Crippen LogP contribution in [0.15, 0.2) is 0 Å². The normalized spacial score (nSPS) is 11.7. The van der Waals surface area contributed by atoms with Crippen molar-refractivity contribution in [2.75, 3.05) is 13.1 Å². The molecule has 0 saturated carbocycles. The van der Waals surface area contributed by atoms with Crippen LogP contribution in [0.5, 0.6) is 0 Å². The molecule has 1 unspecified atom stereocenters. The van der Waals surface area contributed by atoms with Crippen LogP contribution in [0.3, 0.4) is 0 Å². The lowest BCUT2D eigenvalue weighted by Gasteiger charge is -2.19. The zero-order valence-electron chi connectivity index (χ0n) is 20.2. The van der Waals surface area contributed by atoms with Crippen LogP contribution in [0, 0.1) is 5.41 Å². The quantitative estimate of drug-likeness (QED) is 0.104. The number of guanidine groups is 1. The summed E-state index contributed by atoms with van der Waals surface area (Å²) in [4.78, 5) is 24.8. The van der Waals surface area contributed by atoms with Gasteiger partial charge in [-0.1, -0.05) is 97.3 Å². The van der Waals surface area contributed by atoms with Crippen LogP contribution in [0.25, 0.3) is 0 Å². The number of carbonyl (C=O) groups is 2. The van der Waals surface area contributed by atoms with Crippen LogP contribution < -0.4 is 21.7 Å². The first kappa shape index (κ1) is 29.2. The highest BCUT2D eigenvalue weighted by Gasteiger charge is 2.20. The van der Waals surface area contributed by atoms with Gasteiger partial charge < -0.3 is 21.7 Å². The molecule has 31 heavy (non-hydrogen) atoms. The molecule has 0 fully saturated rings. The molecular weight excluding hydrogens is 390 g/mol. The number of carbonyl (C=O) groups excluding carboxylic acids is 2. The molecule has 0 rings (SSSR count). The lowest BCUT2D eigenvalue weighted by atomic mass is 10.1. The van der Waals surface area contributed by atoms with Crippen molar-refractivity contribution >= 4 is 17.8 Å². The Bertz CT molecular complexity index is 471. The average Bonchev–Trinajstić information content (AvgIpc) is 2.74. The van der Waals surface area contributed by atoms with Gasteiger partial charge in [-0.3, -0.25) is 15.0 Å². The second-order valence-corrected chi connectivity index (χ2v) is 8.55. The monoisotopic (exact) mass is 439 g/mol. The summed E-state index contributed by atoms with van der Waals surface area (Å²) in [7, 11) is 0. The Hall–Kier alpha value is -1.79.